The highest BCUT2D eigenvalue weighted by atomic mass is 35.5. The first-order valence-electron chi connectivity index (χ1n) is 12.7. The summed E-state index contributed by atoms with van der Waals surface area (Å²) in [6, 6.07) is 17.6. The van der Waals surface area contributed by atoms with Crippen LogP contribution in [0.1, 0.15) is 34.3 Å². The number of benzene rings is 3. The molecule has 0 aromatic heterocycles. The van der Waals surface area contributed by atoms with Crippen LogP contribution in [0.5, 0.6) is 5.75 Å². The van der Waals surface area contributed by atoms with E-state index in [0.29, 0.717) is 22.8 Å². The molecule has 0 unspecified atom stereocenters. The zero-order chi connectivity index (χ0) is 28.9. The van der Waals surface area contributed by atoms with Crippen molar-refractivity contribution in [1.82, 2.24) is 10.2 Å². The second kappa shape index (κ2) is 13.0. The van der Waals surface area contributed by atoms with Gasteiger partial charge < -0.3 is 15.2 Å². The van der Waals surface area contributed by atoms with Crippen molar-refractivity contribution in [2.24, 2.45) is 0 Å². The summed E-state index contributed by atoms with van der Waals surface area (Å²) in [6.45, 7) is 2.35. The Morgan fingerprint density at radius 3 is 2.25 bits per heavy atom. The number of piperidine rings is 1. The smallest absolute Gasteiger partial charge is 0.326 e. The van der Waals surface area contributed by atoms with Crippen molar-refractivity contribution >= 4 is 44.9 Å². The van der Waals surface area contributed by atoms with E-state index in [4.69, 9.17) is 27.9 Å². The third kappa shape index (κ3) is 7.97. The van der Waals surface area contributed by atoms with Gasteiger partial charge in [-0.3, -0.25) is 9.69 Å². The van der Waals surface area contributed by atoms with E-state index >= 15 is 0 Å². The number of carbonyl (C=O) groups is 2. The summed E-state index contributed by atoms with van der Waals surface area (Å²) < 4.78 is 29.6. The first kappa shape index (κ1) is 29.9. The van der Waals surface area contributed by atoms with Gasteiger partial charge in [0.2, 0.25) is 0 Å². The van der Waals surface area contributed by atoms with Crippen molar-refractivity contribution in [3.8, 4) is 5.75 Å². The minimum absolute atomic E-state index is 0.0127. The van der Waals surface area contributed by atoms with E-state index in [1.54, 1.807) is 42.5 Å². The van der Waals surface area contributed by atoms with Crippen molar-refractivity contribution in [3.63, 3.8) is 0 Å². The molecule has 1 heterocycles. The van der Waals surface area contributed by atoms with Crippen molar-refractivity contribution in [2.45, 2.75) is 42.8 Å². The fourth-order valence-corrected chi connectivity index (χ4v) is 5.83. The summed E-state index contributed by atoms with van der Waals surface area (Å²) >= 11 is 12.2. The number of amides is 1. The zero-order valence-electron chi connectivity index (χ0n) is 21.8. The lowest BCUT2D eigenvalue weighted by Gasteiger charge is -2.33. The van der Waals surface area contributed by atoms with Crippen molar-refractivity contribution in [3.05, 3.63) is 93.5 Å². The third-order valence-electron chi connectivity index (χ3n) is 6.68. The van der Waals surface area contributed by atoms with Crippen LogP contribution < -0.4 is 10.1 Å². The average molecular weight is 606 g/mol. The quantitative estimate of drug-likeness (QED) is 0.339. The van der Waals surface area contributed by atoms with E-state index in [0.717, 1.165) is 31.5 Å². The number of halogens is 2. The average Bonchev–Trinajstić information content (AvgIpc) is 2.89. The molecule has 1 aliphatic rings. The van der Waals surface area contributed by atoms with Crippen LogP contribution in [0.15, 0.2) is 71.6 Å². The molecule has 8 nitrogen and oxygen atoms in total. The standard InChI is InChI=1S/C29H30Cl2N2O6S/c1-40(37,38)23-13-9-20(10-14-23)17-33-15-3-4-22(18-33)39-21-11-7-19(8-12-21)16-26(29(35)36)32-28(34)27-24(30)5-2-6-25(27)31/h2,5-14,22,26H,3-4,15-18H2,1H3,(H,32,34)(H,35,36)/t22-,26-/m0/s1. The van der Waals surface area contributed by atoms with Gasteiger partial charge in [0.1, 0.15) is 17.9 Å². The molecular weight excluding hydrogens is 575 g/mol. The first-order chi connectivity index (χ1) is 19.0. The highest BCUT2D eigenvalue weighted by molar-refractivity contribution is 7.90. The maximum absolute atomic E-state index is 12.7. The summed E-state index contributed by atoms with van der Waals surface area (Å²) in [5.74, 6) is -1.16. The molecule has 40 heavy (non-hydrogen) atoms. The van der Waals surface area contributed by atoms with Gasteiger partial charge in [-0.25, -0.2) is 13.2 Å². The van der Waals surface area contributed by atoms with Gasteiger partial charge in [-0.15, -0.1) is 0 Å². The number of nitrogens with zero attached hydrogens (tertiary/aromatic N) is 1. The van der Waals surface area contributed by atoms with Crippen LogP contribution in [0.4, 0.5) is 0 Å². The molecule has 2 N–H and O–H groups in total. The molecule has 1 amide bonds. The lowest BCUT2D eigenvalue weighted by molar-refractivity contribution is -0.139. The molecule has 1 aliphatic heterocycles. The largest absolute Gasteiger partial charge is 0.489 e. The second-order valence-corrected chi connectivity index (χ2v) is 12.7. The molecular formula is C29H30Cl2N2O6S. The highest BCUT2D eigenvalue weighted by Gasteiger charge is 2.25. The maximum Gasteiger partial charge on any atom is 0.326 e. The number of carbonyl (C=O) groups excluding carboxylic acids is 1. The second-order valence-electron chi connectivity index (χ2n) is 9.84. The molecule has 212 valence electrons. The van der Waals surface area contributed by atoms with Crippen LogP contribution in [0.3, 0.4) is 0 Å². The number of rotatable bonds is 10. The topological polar surface area (TPSA) is 113 Å². The van der Waals surface area contributed by atoms with Crippen molar-refractivity contribution in [1.29, 1.82) is 0 Å². The van der Waals surface area contributed by atoms with Crippen LogP contribution in [0.2, 0.25) is 10.0 Å². The van der Waals surface area contributed by atoms with Crippen molar-refractivity contribution in [2.75, 3.05) is 19.3 Å². The van der Waals surface area contributed by atoms with Gasteiger partial charge in [-0.1, -0.05) is 53.5 Å². The molecule has 0 spiro atoms. The molecule has 2 atom stereocenters. The Morgan fingerprint density at radius 2 is 1.65 bits per heavy atom. The lowest BCUT2D eigenvalue weighted by Crippen LogP contribution is -2.42. The summed E-state index contributed by atoms with van der Waals surface area (Å²) in [7, 11) is -3.22. The number of hydrogen-bond acceptors (Lipinski definition) is 6. The highest BCUT2D eigenvalue weighted by Crippen LogP contribution is 2.25. The number of carboxylic acids is 1. The van der Waals surface area contributed by atoms with Gasteiger partial charge in [0.25, 0.3) is 5.91 Å². The Kier molecular flexibility index (Phi) is 9.73. The SMILES string of the molecule is CS(=O)(=O)c1ccc(CN2CCC[C@H](Oc3ccc(C[C@H](NC(=O)c4c(Cl)cccc4Cl)C(=O)O)cc3)C2)cc1. The summed E-state index contributed by atoms with van der Waals surface area (Å²) in [6.07, 6.45) is 3.13. The fourth-order valence-electron chi connectivity index (χ4n) is 4.63. The van der Waals surface area contributed by atoms with Crippen LogP contribution in [0.25, 0.3) is 0 Å². The monoisotopic (exact) mass is 604 g/mol. The minimum Gasteiger partial charge on any atom is -0.489 e. The maximum atomic E-state index is 12.7. The lowest BCUT2D eigenvalue weighted by atomic mass is 10.0. The Balaban J connectivity index is 1.32. The molecule has 3 aromatic rings. The third-order valence-corrected chi connectivity index (χ3v) is 8.44. The molecule has 0 aliphatic carbocycles. The predicted octanol–water partition coefficient (Wildman–Crippen LogP) is 4.87. The Bertz CT molecular complexity index is 1440. The molecule has 0 bridgehead atoms. The van der Waals surface area contributed by atoms with E-state index in [9.17, 15) is 23.1 Å². The Morgan fingerprint density at radius 1 is 1.02 bits per heavy atom. The van der Waals surface area contributed by atoms with E-state index in [1.807, 2.05) is 12.1 Å². The van der Waals surface area contributed by atoms with E-state index in [-0.39, 0.29) is 28.1 Å². The Labute approximate surface area is 243 Å². The van der Waals surface area contributed by atoms with Gasteiger partial charge >= 0.3 is 5.97 Å². The molecule has 0 radical (unpaired) electrons. The number of hydrogen-bond donors (Lipinski definition) is 2. The molecule has 11 heteroatoms. The van der Waals surface area contributed by atoms with Crippen LogP contribution in [0, 0.1) is 0 Å². The molecule has 3 aromatic carbocycles. The van der Waals surface area contributed by atoms with E-state index in [1.165, 1.54) is 18.4 Å². The molecule has 0 saturated carbocycles. The van der Waals surface area contributed by atoms with Gasteiger partial charge in [0.15, 0.2) is 9.84 Å². The number of aliphatic carboxylic acids is 1. The van der Waals surface area contributed by atoms with Crippen LogP contribution in [-0.2, 0) is 27.6 Å². The molecule has 1 fully saturated rings. The van der Waals surface area contributed by atoms with Crippen LogP contribution >= 0.6 is 23.2 Å². The molecule has 4 rings (SSSR count). The summed E-state index contributed by atoms with van der Waals surface area (Å²) in [5.41, 5.74) is 1.79. The minimum atomic E-state index is -3.22. The predicted molar refractivity (Wildman–Crippen MR) is 154 cm³/mol. The normalized spacial score (nSPS) is 16.7. The van der Waals surface area contributed by atoms with E-state index in [2.05, 4.69) is 10.2 Å². The van der Waals surface area contributed by atoms with Gasteiger partial charge in [-0.05, 0) is 66.9 Å². The Hall–Kier alpha value is -3.11. The van der Waals surface area contributed by atoms with E-state index < -0.39 is 27.8 Å². The van der Waals surface area contributed by atoms with Crippen LogP contribution in [-0.4, -0.2) is 61.8 Å². The van der Waals surface area contributed by atoms with Crippen molar-refractivity contribution < 1.29 is 27.9 Å². The fraction of sp³-hybridized carbons (Fsp3) is 0.310. The summed E-state index contributed by atoms with van der Waals surface area (Å²) in [4.78, 5) is 27.1. The number of likely N-dealkylation sites (tertiary alicyclic amines) is 1. The van der Waals surface area contributed by atoms with Gasteiger partial charge in [0.05, 0.1) is 20.5 Å². The van der Waals surface area contributed by atoms with Gasteiger partial charge in [0, 0.05) is 25.8 Å². The zero-order valence-corrected chi connectivity index (χ0v) is 24.2. The molecule has 1 saturated heterocycles. The van der Waals surface area contributed by atoms with Gasteiger partial charge in [-0.2, -0.15) is 0 Å². The number of nitrogens with one attached hydrogen (secondary N) is 1. The number of sulfone groups is 1. The number of ether oxygens (including phenoxy) is 1. The number of carboxylic acid groups (broad SMARTS) is 1. The first-order valence-corrected chi connectivity index (χ1v) is 15.4. The summed E-state index contributed by atoms with van der Waals surface area (Å²) in [5, 5.41) is 12.5.